The predicted octanol–water partition coefficient (Wildman–Crippen LogP) is 1.92. The number of rotatable bonds is 1. The van der Waals surface area contributed by atoms with Crippen molar-refractivity contribution in [3.63, 3.8) is 0 Å². The van der Waals surface area contributed by atoms with Gasteiger partial charge in [-0.1, -0.05) is 12.8 Å². The Morgan fingerprint density at radius 3 is 2.20 bits per heavy atom. The summed E-state index contributed by atoms with van der Waals surface area (Å²) in [5.41, 5.74) is 4.21. The molecule has 58 valence electrons. The molecule has 0 atom stereocenters. The Labute approximate surface area is 62.7 Å². The van der Waals surface area contributed by atoms with E-state index in [-0.39, 0.29) is 0 Å². The van der Waals surface area contributed by atoms with Gasteiger partial charge in [0.25, 0.3) is 0 Å². The van der Waals surface area contributed by atoms with Gasteiger partial charge in [-0.2, -0.15) is 5.10 Å². The van der Waals surface area contributed by atoms with Crippen molar-refractivity contribution in [1.82, 2.24) is 5.43 Å². The monoisotopic (exact) mass is 140 g/mol. The van der Waals surface area contributed by atoms with Crippen molar-refractivity contribution in [3.8, 4) is 0 Å². The third kappa shape index (κ3) is 2.38. The fraction of sp³-hybridized carbons (Fsp3) is 0.875. The lowest BCUT2D eigenvalue weighted by atomic mass is 10.2. The zero-order valence-corrected chi connectivity index (χ0v) is 6.69. The van der Waals surface area contributed by atoms with E-state index in [1.165, 1.54) is 44.2 Å². The number of hydrazone groups is 1. The van der Waals surface area contributed by atoms with Crippen molar-refractivity contribution in [2.45, 2.75) is 38.5 Å². The Balaban J connectivity index is 2.35. The van der Waals surface area contributed by atoms with Gasteiger partial charge in [0.05, 0.1) is 0 Å². The molecule has 0 radical (unpaired) electrons. The number of hydrogen-bond donors (Lipinski definition) is 1. The minimum absolute atomic E-state index is 1.21. The highest BCUT2D eigenvalue weighted by Gasteiger charge is 2.04. The number of hydrogen-bond acceptors (Lipinski definition) is 2. The van der Waals surface area contributed by atoms with E-state index in [4.69, 9.17) is 0 Å². The molecule has 0 aliphatic heterocycles. The van der Waals surface area contributed by atoms with Gasteiger partial charge in [0.1, 0.15) is 0 Å². The van der Waals surface area contributed by atoms with Crippen molar-refractivity contribution in [1.29, 1.82) is 0 Å². The van der Waals surface area contributed by atoms with E-state index in [0.29, 0.717) is 0 Å². The lowest BCUT2D eigenvalue weighted by molar-refractivity contribution is 0.702. The van der Waals surface area contributed by atoms with Crippen LogP contribution in [-0.2, 0) is 0 Å². The second kappa shape index (κ2) is 4.31. The fourth-order valence-corrected chi connectivity index (χ4v) is 1.41. The first kappa shape index (κ1) is 7.58. The number of nitrogens with one attached hydrogen (secondary N) is 1. The van der Waals surface area contributed by atoms with E-state index in [1.54, 1.807) is 0 Å². The fourth-order valence-electron chi connectivity index (χ4n) is 1.41. The van der Waals surface area contributed by atoms with Crippen molar-refractivity contribution in [2.24, 2.45) is 5.10 Å². The van der Waals surface area contributed by atoms with Gasteiger partial charge >= 0.3 is 0 Å². The summed E-state index contributed by atoms with van der Waals surface area (Å²) in [5, 5.41) is 4.21. The van der Waals surface area contributed by atoms with E-state index in [9.17, 15) is 0 Å². The summed E-state index contributed by atoms with van der Waals surface area (Å²) in [5.74, 6) is 0. The first-order valence-corrected chi connectivity index (χ1v) is 4.15. The maximum Gasteiger partial charge on any atom is 0.0378 e. The van der Waals surface area contributed by atoms with Gasteiger partial charge in [-0.05, 0) is 25.7 Å². The minimum Gasteiger partial charge on any atom is -0.313 e. The Hall–Kier alpha value is -0.530. The van der Waals surface area contributed by atoms with Gasteiger partial charge in [0.2, 0.25) is 0 Å². The molecule has 0 aromatic rings. The molecule has 1 rings (SSSR count). The molecular formula is C8H16N2. The van der Waals surface area contributed by atoms with Crippen LogP contribution >= 0.6 is 0 Å². The average Bonchev–Trinajstić information content (AvgIpc) is 2.17. The summed E-state index contributed by atoms with van der Waals surface area (Å²) in [4.78, 5) is 0. The molecular weight excluding hydrogens is 124 g/mol. The average molecular weight is 140 g/mol. The lowest BCUT2D eigenvalue weighted by Gasteiger charge is -1.98. The molecule has 0 unspecified atom stereocenters. The number of nitrogens with zero attached hydrogens (tertiary/aromatic N) is 1. The van der Waals surface area contributed by atoms with Crippen molar-refractivity contribution in [3.05, 3.63) is 0 Å². The zero-order chi connectivity index (χ0) is 7.23. The molecule has 0 spiro atoms. The molecule has 0 amide bonds. The summed E-state index contributed by atoms with van der Waals surface area (Å²) in [6.07, 6.45) is 7.87. The molecule has 2 nitrogen and oxygen atoms in total. The zero-order valence-electron chi connectivity index (χ0n) is 6.69. The van der Waals surface area contributed by atoms with Crippen LogP contribution in [0.15, 0.2) is 5.10 Å². The van der Waals surface area contributed by atoms with Crippen LogP contribution in [0.1, 0.15) is 38.5 Å². The van der Waals surface area contributed by atoms with Gasteiger partial charge in [0.15, 0.2) is 0 Å². The second-order valence-electron chi connectivity index (χ2n) is 2.82. The topological polar surface area (TPSA) is 24.4 Å². The summed E-state index contributed by atoms with van der Waals surface area (Å²) in [6, 6.07) is 0. The molecule has 0 bridgehead atoms. The smallest absolute Gasteiger partial charge is 0.0378 e. The van der Waals surface area contributed by atoms with Crippen LogP contribution in [0.4, 0.5) is 0 Å². The first-order chi connectivity index (χ1) is 4.93. The summed E-state index contributed by atoms with van der Waals surface area (Å²) in [7, 11) is 1.87. The van der Waals surface area contributed by atoms with Gasteiger partial charge in [-0.3, -0.25) is 0 Å². The first-order valence-electron chi connectivity index (χ1n) is 4.15. The Morgan fingerprint density at radius 1 is 1.10 bits per heavy atom. The molecule has 0 saturated heterocycles. The maximum atomic E-state index is 4.21. The highest BCUT2D eigenvalue weighted by atomic mass is 15.3. The van der Waals surface area contributed by atoms with E-state index in [2.05, 4.69) is 10.5 Å². The molecule has 0 aromatic heterocycles. The lowest BCUT2D eigenvalue weighted by Crippen LogP contribution is -2.03. The van der Waals surface area contributed by atoms with Crippen LogP contribution in [-0.4, -0.2) is 12.8 Å². The maximum absolute atomic E-state index is 4.21. The SMILES string of the molecule is CNN=C1CCCCCC1. The quantitative estimate of drug-likeness (QED) is 0.436. The predicted molar refractivity (Wildman–Crippen MR) is 44.2 cm³/mol. The molecule has 1 saturated carbocycles. The third-order valence-electron chi connectivity index (χ3n) is 1.95. The molecule has 1 N–H and O–H groups in total. The molecule has 1 fully saturated rings. The normalized spacial score (nSPS) is 19.9. The van der Waals surface area contributed by atoms with Crippen LogP contribution in [0.5, 0.6) is 0 Å². The van der Waals surface area contributed by atoms with Crippen molar-refractivity contribution >= 4 is 5.71 Å². The summed E-state index contributed by atoms with van der Waals surface area (Å²) >= 11 is 0. The Morgan fingerprint density at radius 2 is 1.70 bits per heavy atom. The molecule has 2 heteroatoms. The Bertz CT molecular complexity index is 108. The molecule has 1 aliphatic rings. The van der Waals surface area contributed by atoms with E-state index in [1.807, 2.05) is 7.05 Å². The van der Waals surface area contributed by atoms with Crippen LogP contribution in [0.3, 0.4) is 0 Å². The van der Waals surface area contributed by atoms with Gasteiger partial charge in [-0.15, -0.1) is 0 Å². The van der Waals surface area contributed by atoms with E-state index < -0.39 is 0 Å². The van der Waals surface area contributed by atoms with Crippen LogP contribution < -0.4 is 5.43 Å². The van der Waals surface area contributed by atoms with Crippen LogP contribution in [0.2, 0.25) is 0 Å². The van der Waals surface area contributed by atoms with Gasteiger partial charge in [-0.25, -0.2) is 0 Å². The van der Waals surface area contributed by atoms with Crippen LogP contribution in [0, 0.1) is 0 Å². The molecule has 0 heterocycles. The molecule has 0 aromatic carbocycles. The minimum atomic E-state index is 1.21. The van der Waals surface area contributed by atoms with Gasteiger partial charge < -0.3 is 5.43 Å². The second-order valence-corrected chi connectivity index (χ2v) is 2.82. The molecule has 10 heavy (non-hydrogen) atoms. The highest BCUT2D eigenvalue weighted by molar-refractivity contribution is 5.84. The van der Waals surface area contributed by atoms with Gasteiger partial charge in [0, 0.05) is 12.8 Å². The highest BCUT2D eigenvalue weighted by Crippen LogP contribution is 2.14. The van der Waals surface area contributed by atoms with E-state index >= 15 is 0 Å². The summed E-state index contributed by atoms with van der Waals surface area (Å²) < 4.78 is 0. The molecule has 1 aliphatic carbocycles. The van der Waals surface area contributed by atoms with Crippen molar-refractivity contribution < 1.29 is 0 Å². The summed E-state index contributed by atoms with van der Waals surface area (Å²) in [6.45, 7) is 0. The Kier molecular flexibility index (Phi) is 3.27. The standard InChI is InChI=1S/C8H16N2/c1-9-10-8-6-4-2-3-5-7-8/h9H,2-7H2,1H3. The largest absolute Gasteiger partial charge is 0.313 e. The third-order valence-corrected chi connectivity index (χ3v) is 1.95. The van der Waals surface area contributed by atoms with E-state index in [0.717, 1.165) is 0 Å². The van der Waals surface area contributed by atoms with Crippen LogP contribution in [0.25, 0.3) is 0 Å². The van der Waals surface area contributed by atoms with Crippen molar-refractivity contribution in [2.75, 3.05) is 7.05 Å².